The highest BCUT2D eigenvalue weighted by Gasteiger charge is 2.07. The lowest BCUT2D eigenvalue weighted by Gasteiger charge is -1.96. The molecule has 22 heavy (non-hydrogen) atoms. The molecule has 0 radical (unpaired) electrons. The summed E-state index contributed by atoms with van der Waals surface area (Å²) in [6, 6.07) is 10.7. The predicted molar refractivity (Wildman–Crippen MR) is 78.3 cm³/mol. The largest absolute Gasteiger partial charge is 0.289 e. The van der Waals surface area contributed by atoms with Crippen molar-refractivity contribution in [2.45, 2.75) is 0 Å². The molecule has 7 heteroatoms. The molecule has 0 N–H and O–H groups in total. The molecule has 2 aromatic carbocycles. The molecule has 3 rings (SSSR count). The first-order chi connectivity index (χ1) is 10.6. The molecule has 1 aromatic heterocycles. The maximum Gasteiger partial charge on any atom is 0.269 e. The average Bonchev–Trinajstić information content (AvgIpc) is 3.00. The van der Waals surface area contributed by atoms with Crippen molar-refractivity contribution in [2.75, 3.05) is 0 Å². The van der Waals surface area contributed by atoms with Crippen molar-refractivity contribution in [2.24, 2.45) is 0 Å². The SMILES string of the molecule is O=C(/C=C/c1ccc2nonc2c1)c1ccc([N+](=O)[O-])cc1. The second-order valence-corrected chi connectivity index (χ2v) is 4.51. The van der Waals surface area contributed by atoms with Crippen LogP contribution in [-0.2, 0) is 0 Å². The fraction of sp³-hybridized carbons (Fsp3) is 0. The van der Waals surface area contributed by atoms with Gasteiger partial charge in [-0.2, -0.15) is 0 Å². The summed E-state index contributed by atoms with van der Waals surface area (Å²) in [6.07, 6.45) is 3.04. The van der Waals surface area contributed by atoms with Crippen LogP contribution in [0.1, 0.15) is 15.9 Å². The van der Waals surface area contributed by atoms with Crippen LogP contribution in [0.25, 0.3) is 17.1 Å². The van der Waals surface area contributed by atoms with Gasteiger partial charge in [0.05, 0.1) is 4.92 Å². The minimum atomic E-state index is -0.509. The van der Waals surface area contributed by atoms with Gasteiger partial charge in [0.25, 0.3) is 5.69 Å². The van der Waals surface area contributed by atoms with Crippen molar-refractivity contribution in [1.82, 2.24) is 10.3 Å². The Morgan fingerprint density at radius 2 is 1.82 bits per heavy atom. The fourth-order valence-electron chi connectivity index (χ4n) is 1.92. The maximum absolute atomic E-state index is 12.0. The molecular formula is C15H9N3O4. The number of ketones is 1. The number of carbonyl (C=O) groups excluding carboxylic acids is 1. The van der Waals surface area contributed by atoms with Crippen LogP contribution >= 0.6 is 0 Å². The summed E-state index contributed by atoms with van der Waals surface area (Å²) in [5, 5.41) is 18.0. The molecular weight excluding hydrogens is 286 g/mol. The van der Waals surface area contributed by atoms with Gasteiger partial charge in [-0.05, 0) is 46.2 Å². The van der Waals surface area contributed by atoms with E-state index in [1.807, 2.05) is 0 Å². The minimum Gasteiger partial charge on any atom is -0.289 e. The molecule has 0 saturated heterocycles. The summed E-state index contributed by atoms with van der Waals surface area (Å²) in [5.41, 5.74) is 2.35. The number of aromatic nitrogens is 2. The summed E-state index contributed by atoms with van der Waals surface area (Å²) < 4.78 is 4.60. The van der Waals surface area contributed by atoms with Crippen molar-refractivity contribution in [3.63, 3.8) is 0 Å². The van der Waals surface area contributed by atoms with Crippen molar-refractivity contribution in [3.8, 4) is 0 Å². The van der Waals surface area contributed by atoms with Crippen LogP contribution in [0.4, 0.5) is 5.69 Å². The summed E-state index contributed by atoms with van der Waals surface area (Å²) in [5.74, 6) is -0.242. The Kier molecular flexibility index (Phi) is 3.45. The van der Waals surface area contributed by atoms with Crippen molar-refractivity contribution in [1.29, 1.82) is 0 Å². The highest BCUT2D eigenvalue weighted by Crippen LogP contribution is 2.15. The second-order valence-electron chi connectivity index (χ2n) is 4.51. The van der Waals surface area contributed by atoms with Gasteiger partial charge in [-0.3, -0.25) is 14.9 Å². The van der Waals surface area contributed by atoms with Crippen LogP contribution in [0.3, 0.4) is 0 Å². The molecule has 0 aliphatic carbocycles. The highest BCUT2D eigenvalue weighted by molar-refractivity contribution is 6.07. The number of allylic oxidation sites excluding steroid dienone is 1. The monoisotopic (exact) mass is 295 g/mol. The Bertz CT molecular complexity index is 881. The standard InChI is InChI=1S/C15H9N3O4/c19-15(11-3-5-12(6-4-11)18(20)21)8-2-10-1-7-13-14(9-10)17-22-16-13/h1-9H/b8-2+. The lowest BCUT2D eigenvalue weighted by molar-refractivity contribution is -0.384. The predicted octanol–water partition coefficient (Wildman–Crippen LogP) is 3.03. The van der Waals surface area contributed by atoms with Crippen molar-refractivity contribution in [3.05, 3.63) is 69.8 Å². The molecule has 0 amide bonds. The average molecular weight is 295 g/mol. The Hall–Kier alpha value is -3.35. The van der Waals surface area contributed by atoms with E-state index in [1.54, 1.807) is 24.3 Å². The molecule has 3 aromatic rings. The molecule has 0 fully saturated rings. The number of nitrogens with zero attached hydrogens (tertiary/aromatic N) is 3. The third kappa shape index (κ3) is 2.73. The summed E-state index contributed by atoms with van der Waals surface area (Å²) in [4.78, 5) is 22.1. The van der Waals surface area contributed by atoms with E-state index in [0.29, 0.717) is 16.6 Å². The number of benzene rings is 2. The Morgan fingerprint density at radius 1 is 1.09 bits per heavy atom. The van der Waals surface area contributed by atoms with Gasteiger partial charge in [0.2, 0.25) is 0 Å². The number of hydrogen-bond donors (Lipinski definition) is 0. The van der Waals surface area contributed by atoms with Gasteiger partial charge in [-0.1, -0.05) is 12.1 Å². The molecule has 0 spiro atoms. The van der Waals surface area contributed by atoms with E-state index in [0.717, 1.165) is 5.56 Å². The molecule has 0 aliphatic rings. The normalized spacial score (nSPS) is 11.1. The minimum absolute atomic E-state index is 0.0514. The topological polar surface area (TPSA) is 99.1 Å². The molecule has 0 aliphatic heterocycles. The van der Waals surface area contributed by atoms with Gasteiger partial charge in [-0.25, -0.2) is 4.63 Å². The summed E-state index contributed by atoms with van der Waals surface area (Å²) in [6.45, 7) is 0. The van der Waals surface area contributed by atoms with Gasteiger partial charge in [-0.15, -0.1) is 0 Å². The van der Waals surface area contributed by atoms with Gasteiger partial charge in [0.15, 0.2) is 5.78 Å². The van der Waals surface area contributed by atoms with E-state index < -0.39 is 4.92 Å². The van der Waals surface area contributed by atoms with E-state index in [9.17, 15) is 14.9 Å². The quantitative estimate of drug-likeness (QED) is 0.317. The van der Waals surface area contributed by atoms with Crippen molar-refractivity contribution >= 4 is 28.6 Å². The van der Waals surface area contributed by atoms with Gasteiger partial charge >= 0.3 is 0 Å². The molecule has 0 atom stereocenters. The summed E-state index contributed by atoms with van der Waals surface area (Å²) in [7, 11) is 0. The van der Waals surface area contributed by atoms with E-state index in [4.69, 9.17) is 0 Å². The molecule has 0 bridgehead atoms. The number of carbonyl (C=O) groups is 1. The van der Waals surface area contributed by atoms with E-state index in [2.05, 4.69) is 14.9 Å². The van der Waals surface area contributed by atoms with Crippen LogP contribution < -0.4 is 0 Å². The lowest BCUT2D eigenvalue weighted by Crippen LogP contribution is -1.95. The Labute approximate surface area is 124 Å². The fourth-order valence-corrected chi connectivity index (χ4v) is 1.92. The van der Waals surface area contributed by atoms with Crippen LogP contribution in [0.2, 0.25) is 0 Å². The smallest absolute Gasteiger partial charge is 0.269 e. The Morgan fingerprint density at radius 3 is 2.55 bits per heavy atom. The van der Waals surface area contributed by atoms with Crippen LogP contribution in [-0.4, -0.2) is 21.0 Å². The molecule has 0 unspecified atom stereocenters. The van der Waals surface area contributed by atoms with Gasteiger partial charge in [0, 0.05) is 17.7 Å². The number of nitro groups is 1. The first-order valence-corrected chi connectivity index (χ1v) is 6.33. The van der Waals surface area contributed by atoms with E-state index in [-0.39, 0.29) is 11.5 Å². The third-order valence-electron chi connectivity index (χ3n) is 3.07. The van der Waals surface area contributed by atoms with Crippen LogP contribution in [0, 0.1) is 10.1 Å². The molecule has 7 nitrogen and oxygen atoms in total. The first-order valence-electron chi connectivity index (χ1n) is 6.33. The van der Waals surface area contributed by atoms with Crippen molar-refractivity contribution < 1.29 is 14.3 Å². The number of fused-ring (bicyclic) bond motifs is 1. The summed E-state index contributed by atoms with van der Waals surface area (Å²) >= 11 is 0. The number of non-ortho nitro benzene ring substituents is 1. The zero-order valence-electron chi connectivity index (χ0n) is 11.2. The lowest BCUT2D eigenvalue weighted by atomic mass is 10.1. The molecule has 0 saturated carbocycles. The number of nitro benzene ring substituents is 1. The molecule has 108 valence electrons. The molecule has 1 heterocycles. The zero-order valence-corrected chi connectivity index (χ0v) is 11.2. The number of rotatable bonds is 4. The van der Waals surface area contributed by atoms with E-state index in [1.165, 1.54) is 30.3 Å². The Balaban J connectivity index is 1.78. The van der Waals surface area contributed by atoms with E-state index >= 15 is 0 Å². The van der Waals surface area contributed by atoms with Gasteiger partial charge in [0.1, 0.15) is 11.0 Å². The van der Waals surface area contributed by atoms with Crippen LogP contribution in [0.15, 0.2) is 53.2 Å². The van der Waals surface area contributed by atoms with Crippen LogP contribution in [0.5, 0.6) is 0 Å². The highest BCUT2D eigenvalue weighted by atomic mass is 16.6. The number of hydrogen-bond acceptors (Lipinski definition) is 6. The van der Waals surface area contributed by atoms with Gasteiger partial charge < -0.3 is 0 Å². The second kappa shape index (κ2) is 5.57. The first kappa shape index (κ1) is 13.6. The maximum atomic E-state index is 12.0. The third-order valence-corrected chi connectivity index (χ3v) is 3.07. The zero-order chi connectivity index (χ0) is 15.5.